The van der Waals surface area contributed by atoms with E-state index in [9.17, 15) is 4.79 Å². The predicted molar refractivity (Wildman–Crippen MR) is 90.8 cm³/mol. The summed E-state index contributed by atoms with van der Waals surface area (Å²) in [6.07, 6.45) is 4.97. The maximum atomic E-state index is 11.7. The van der Waals surface area contributed by atoms with Gasteiger partial charge in [-0.25, -0.2) is 4.98 Å². The predicted octanol–water partition coefficient (Wildman–Crippen LogP) is 3.39. The first-order chi connectivity index (χ1) is 10.8. The Morgan fingerprint density at radius 2 is 2.18 bits per heavy atom. The van der Waals surface area contributed by atoms with Crippen LogP contribution in [0.3, 0.4) is 0 Å². The molecule has 112 valence electrons. The van der Waals surface area contributed by atoms with Crippen molar-refractivity contribution in [1.29, 1.82) is 0 Å². The first kappa shape index (κ1) is 14.5. The number of nitrogens with zero attached hydrogens (tertiary/aromatic N) is 1. The van der Waals surface area contributed by atoms with Gasteiger partial charge in [-0.3, -0.25) is 4.79 Å². The van der Waals surface area contributed by atoms with Gasteiger partial charge < -0.3 is 10.3 Å². The van der Waals surface area contributed by atoms with E-state index < -0.39 is 0 Å². The van der Waals surface area contributed by atoms with Crippen LogP contribution in [0.2, 0.25) is 0 Å². The van der Waals surface area contributed by atoms with Crippen LogP contribution in [0, 0.1) is 0 Å². The van der Waals surface area contributed by atoms with Gasteiger partial charge in [-0.1, -0.05) is 24.3 Å². The average Bonchev–Trinajstić information content (AvgIpc) is 3.15. The topological polar surface area (TPSA) is 57.8 Å². The van der Waals surface area contributed by atoms with E-state index in [0.717, 1.165) is 21.7 Å². The molecule has 5 heteroatoms. The Labute approximate surface area is 132 Å². The maximum Gasteiger partial charge on any atom is 0.223 e. The van der Waals surface area contributed by atoms with Crippen molar-refractivity contribution in [3.63, 3.8) is 0 Å². The Morgan fingerprint density at radius 3 is 3.00 bits per heavy atom. The van der Waals surface area contributed by atoms with Crippen molar-refractivity contribution < 1.29 is 4.79 Å². The molecule has 2 heterocycles. The van der Waals surface area contributed by atoms with Crippen LogP contribution < -0.4 is 5.32 Å². The Bertz CT molecular complexity index is 741. The molecule has 0 aliphatic carbocycles. The van der Waals surface area contributed by atoms with E-state index in [1.165, 1.54) is 0 Å². The van der Waals surface area contributed by atoms with Gasteiger partial charge in [-0.2, -0.15) is 0 Å². The molecule has 0 fully saturated rings. The zero-order chi connectivity index (χ0) is 15.2. The summed E-state index contributed by atoms with van der Waals surface area (Å²) in [5.74, 6) is 0.930. The van der Waals surface area contributed by atoms with Crippen molar-refractivity contribution in [3.05, 3.63) is 58.6 Å². The van der Waals surface area contributed by atoms with Gasteiger partial charge in [0.2, 0.25) is 5.91 Å². The zero-order valence-corrected chi connectivity index (χ0v) is 12.9. The first-order valence-corrected chi connectivity index (χ1v) is 8.09. The average molecular weight is 311 g/mol. The number of aromatic nitrogens is 2. The van der Waals surface area contributed by atoms with Gasteiger partial charge in [0, 0.05) is 24.3 Å². The fourth-order valence-corrected chi connectivity index (χ4v) is 2.83. The lowest BCUT2D eigenvalue weighted by Crippen LogP contribution is -2.25. The SMILES string of the molecule is O=C(C/C=C/c1cccs1)NCCc1nc2ccccc2[nH]1. The van der Waals surface area contributed by atoms with E-state index in [-0.39, 0.29) is 5.91 Å². The van der Waals surface area contributed by atoms with Gasteiger partial charge in [0.15, 0.2) is 0 Å². The molecule has 0 spiro atoms. The minimum absolute atomic E-state index is 0.0314. The summed E-state index contributed by atoms with van der Waals surface area (Å²) in [6, 6.07) is 11.9. The van der Waals surface area contributed by atoms with Gasteiger partial charge in [0.05, 0.1) is 11.0 Å². The Kier molecular flexibility index (Phi) is 4.65. The molecule has 2 N–H and O–H groups in total. The molecular weight excluding hydrogens is 294 g/mol. The van der Waals surface area contributed by atoms with Crippen LogP contribution in [0.5, 0.6) is 0 Å². The zero-order valence-electron chi connectivity index (χ0n) is 12.1. The summed E-state index contributed by atoms with van der Waals surface area (Å²) in [7, 11) is 0. The number of para-hydroxylation sites is 2. The number of amides is 1. The highest BCUT2D eigenvalue weighted by Gasteiger charge is 2.03. The number of carbonyl (C=O) groups is 1. The number of benzene rings is 1. The number of thiophene rings is 1. The number of H-pyrrole nitrogens is 1. The molecular formula is C17H17N3OS. The van der Waals surface area contributed by atoms with Crippen LogP contribution >= 0.6 is 11.3 Å². The highest BCUT2D eigenvalue weighted by molar-refractivity contribution is 7.10. The molecule has 0 saturated carbocycles. The molecule has 0 radical (unpaired) electrons. The smallest absolute Gasteiger partial charge is 0.223 e. The number of fused-ring (bicyclic) bond motifs is 1. The summed E-state index contributed by atoms with van der Waals surface area (Å²) >= 11 is 1.66. The Balaban J connectivity index is 1.43. The van der Waals surface area contributed by atoms with Crippen LogP contribution in [-0.4, -0.2) is 22.4 Å². The summed E-state index contributed by atoms with van der Waals surface area (Å²) in [5.41, 5.74) is 1.99. The number of aromatic amines is 1. The monoisotopic (exact) mass is 311 g/mol. The lowest BCUT2D eigenvalue weighted by atomic mass is 10.3. The van der Waals surface area contributed by atoms with Gasteiger partial charge in [-0.05, 0) is 29.7 Å². The molecule has 1 aromatic carbocycles. The van der Waals surface area contributed by atoms with E-state index in [1.54, 1.807) is 11.3 Å². The third-order valence-electron chi connectivity index (χ3n) is 3.25. The standard InChI is InChI=1S/C17H17N3OS/c21-17(9-3-5-13-6-4-12-22-13)18-11-10-16-19-14-7-1-2-8-15(14)20-16/h1-8,12H,9-11H2,(H,18,21)(H,19,20)/b5-3+. The molecule has 2 aromatic heterocycles. The van der Waals surface area contributed by atoms with Gasteiger partial charge in [0.1, 0.15) is 5.82 Å². The fraction of sp³-hybridized carbons (Fsp3) is 0.176. The minimum atomic E-state index is 0.0314. The van der Waals surface area contributed by atoms with Crippen molar-refractivity contribution in [2.45, 2.75) is 12.8 Å². The maximum absolute atomic E-state index is 11.7. The first-order valence-electron chi connectivity index (χ1n) is 7.21. The second-order valence-corrected chi connectivity index (χ2v) is 5.90. The summed E-state index contributed by atoms with van der Waals surface area (Å²) in [6.45, 7) is 0.589. The molecule has 0 unspecified atom stereocenters. The highest BCUT2D eigenvalue weighted by Crippen LogP contribution is 2.11. The van der Waals surface area contributed by atoms with Gasteiger partial charge in [-0.15, -0.1) is 11.3 Å². The van der Waals surface area contributed by atoms with Crippen molar-refractivity contribution >= 4 is 34.4 Å². The molecule has 0 saturated heterocycles. The summed E-state index contributed by atoms with van der Waals surface area (Å²) < 4.78 is 0. The van der Waals surface area contributed by atoms with Crippen LogP contribution in [0.1, 0.15) is 17.1 Å². The third kappa shape index (κ3) is 3.83. The molecule has 22 heavy (non-hydrogen) atoms. The summed E-state index contributed by atoms with van der Waals surface area (Å²) in [4.78, 5) is 20.6. The van der Waals surface area contributed by atoms with Crippen molar-refractivity contribution in [1.82, 2.24) is 15.3 Å². The molecule has 0 aliphatic rings. The number of hydrogen-bond donors (Lipinski definition) is 2. The number of carbonyl (C=O) groups excluding carboxylic acids is 1. The van der Waals surface area contributed by atoms with Crippen molar-refractivity contribution in [2.24, 2.45) is 0 Å². The molecule has 0 aliphatic heterocycles. The van der Waals surface area contributed by atoms with E-state index >= 15 is 0 Å². The fourth-order valence-electron chi connectivity index (χ4n) is 2.18. The largest absolute Gasteiger partial charge is 0.355 e. The minimum Gasteiger partial charge on any atom is -0.355 e. The van der Waals surface area contributed by atoms with E-state index in [0.29, 0.717) is 19.4 Å². The number of hydrogen-bond acceptors (Lipinski definition) is 3. The second-order valence-electron chi connectivity index (χ2n) is 4.92. The Morgan fingerprint density at radius 1 is 1.27 bits per heavy atom. The van der Waals surface area contributed by atoms with Crippen LogP contribution in [-0.2, 0) is 11.2 Å². The van der Waals surface area contributed by atoms with E-state index in [1.807, 2.05) is 53.9 Å². The van der Waals surface area contributed by atoms with E-state index in [2.05, 4.69) is 15.3 Å². The summed E-state index contributed by atoms with van der Waals surface area (Å²) in [5, 5.41) is 4.93. The second kappa shape index (κ2) is 7.04. The number of imidazole rings is 1. The molecule has 1 amide bonds. The molecule has 0 bridgehead atoms. The molecule has 3 aromatic rings. The van der Waals surface area contributed by atoms with Gasteiger partial charge >= 0.3 is 0 Å². The third-order valence-corrected chi connectivity index (χ3v) is 4.09. The van der Waals surface area contributed by atoms with E-state index in [4.69, 9.17) is 0 Å². The molecule has 0 atom stereocenters. The number of rotatable bonds is 6. The lowest BCUT2D eigenvalue weighted by Gasteiger charge is -2.01. The molecule has 4 nitrogen and oxygen atoms in total. The van der Waals surface area contributed by atoms with Gasteiger partial charge in [0.25, 0.3) is 0 Å². The quantitative estimate of drug-likeness (QED) is 0.733. The Hall–Kier alpha value is -2.40. The normalized spacial score (nSPS) is 11.3. The molecule has 3 rings (SSSR count). The highest BCUT2D eigenvalue weighted by atomic mass is 32.1. The van der Waals surface area contributed by atoms with Crippen LogP contribution in [0.4, 0.5) is 0 Å². The van der Waals surface area contributed by atoms with Crippen LogP contribution in [0.15, 0.2) is 47.9 Å². The van der Waals surface area contributed by atoms with Crippen molar-refractivity contribution in [3.8, 4) is 0 Å². The lowest BCUT2D eigenvalue weighted by molar-refractivity contribution is -0.120. The number of nitrogens with one attached hydrogen (secondary N) is 2. The van der Waals surface area contributed by atoms with Crippen LogP contribution in [0.25, 0.3) is 17.1 Å². The van der Waals surface area contributed by atoms with Crippen molar-refractivity contribution in [2.75, 3.05) is 6.54 Å².